The largest absolute Gasteiger partial charge is 0.347 e. The quantitative estimate of drug-likeness (QED) is 0.860. The summed E-state index contributed by atoms with van der Waals surface area (Å²) in [5, 5.41) is 5.36. The van der Waals surface area contributed by atoms with Gasteiger partial charge >= 0.3 is 0 Å². The van der Waals surface area contributed by atoms with E-state index in [1.807, 2.05) is 55.5 Å². The summed E-state index contributed by atoms with van der Waals surface area (Å²) in [4.78, 5) is 23.6. The van der Waals surface area contributed by atoms with Gasteiger partial charge in [-0.3, -0.25) is 9.59 Å². The third-order valence-electron chi connectivity index (χ3n) is 3.11. The van der Waals surface area contributed by atoms with Gasteiger partial charge in [0.15, 0.2) is 0 Å². The summed E-state index contributed by atoms with van der Waals surface area (Å²) in [7, 11) is 0. The lowest BCUT2D eigenvalue weighted by Gasteiger charge is -2.08. The van der Waals surface area contributed by atoms with Crippen molar-refractivity contribution in [2.45, 2.75) is 13.3 Å². The Bertz CT molecular complexity index is 672. The van der Waals surface area contributed by atoms with Gasteiger partial charge in [-0.05, 0) is 30.2 Å². The standard InChI is InChI=1S/C17H17BrN2O2/c1-12-7-8-14(10-15(12)18)20-17(22)11-19-16(21)9-13-5-3-2-4-6-13/h2-8,10H,9,11H2,1H3,(H,19,21)(H,20,22). The minimum Gasteiger partial charge on any atom is -0.347 e. The average molecular weight is 361 g/mol. The van der Waals surface area contributed by atoms with Crippen molar-refractivity contribution in [1.82, 2.24) is 5.32 Å². The van der Waals surface area contributed by atoms with Crippen molar-refractivity contribution in [2.24, 2.45) is 0 Å². The molecule has 0 heterocycles. The zero-order chi connectivity index (χ0) is 15.9. The molecule has 0 saturated carbocycles. The first-order chi connectivity index (χ1) is 10.5. The molecule has 0 aliphatic heterocycles. The van der Waals surface area contributed by atoms with Crippen molar-refractivity contribution < 1.29 is 9.59 Å². The molecule has 0 aliphatic carbocycles. The number of anilines is 1. The fourth-order valence-corrected chi connectivity index (χ4v) is 2.28. The Balaban J connectivity index is 1.80. The van der Waals surface area contributed by atoms with Gasteiger partial charge in [0.1, 0.15) is 0 Å². The molecule has 0 saturated heterocycles. The van der Waals surface area contributed by atoms with Crippen LogP contribution in [-0.4, -0.2) is 18.4 Å². The van der Waals surface area contributed by atoms with Crippen LogP contribution in [0.4, 0.5) is 5.69 Å². The third kappa shape index (κ3) is 5.00. The Morgan fingerprint density at radius 2 is 1.77 bits per heavy atom. The Hall–Kier alpha value is -2.14. The van der Waals surface area contributed by atoms with Crippen molar-refractivity contribution in [2.75, 3.05) is 11.9 Å². The van der Waals surface area contributed by atoms with Gasteiger partial charge in [-0.1, -0.05) is 52.3 Å². The molecule has 0 radical (unpaired) electrons. The zero-order valence-electron chi connectivity index (χ0n) is 12.2. The van der Waals surface area contributed by atoms with Crippen LogP contribution < -0.4 is 10.6 Å². The lowest BCUT2D eigenvalue weighted by Crippen LogP contribution is -2.33. The van der Waals surface area contributed by atoms with Gasteiger partial charge in [-0.15, -0.1) is 0 Å². The average Bonchev–Trinajstić information content (AvgIpc) is 2.50. The topological polar surface area (TPSA) is 58.2 Å². The Morgan fingerprint density at radius 1 is 1.05 bits per heavy atom. The Morgan fingerprint density at radius 3 is 2.45 bits per heavy atom. The molecule has 2 aromatic carbocycles. The van der Waals surface area contributed by atoms with Gasteiger partial charge in [0.25, 0.3) is 0 Å². The highest BCUT2D eigenvalue weighted by Gasteiger charge is 2.07. The molecule has 2 N–H and O–H groups in total. The van der Waals surface area contributed by atoms with Gasteiger partial charge in [0.05, 0.1) is 13.0 Å². The van der Waals surface area contributed by atoms with Crippen molar-refractivity contribution in [3.05, 3.63) is 64.1 Å². The number of amides is 2. The fraction of sp³-hybridized carbons (Fsp3) is 0.176. The van der Waals surface area contributed by atoms with Gasteiger partial charge in [-0.2, -0.15) is 0 Å². The van der Waals surface area contributed by atoms with E-state index in [2.05, 4.69) is 26.6 Å². The normalized spacial score (nSPS) is 10.1. The first-order valence-electron chi connectivity index (χ1n) is 6.91. The molecule has 0 bridgehead atoms. The molecule has 2 amide bonds. The van der Waals surface area contributed by atoms with E-state index < -0.39 is 0 Å². The molecule has 2 rings (SSSR count). The second-order valence-corrected chi connectivity index (χ2v) is 5.81. The predicted octanol–water partition coefficient (Wildman–Crippen LogP) is 3.05. The highest BCUT2D eigenvalue weighted by atomic mass is 79.9. The maximum absolute atomic E-state index is 11.8. The highest BCUT2D eigenvalue weighted by molar-refractivity contribution is 9.10. The summed E-state index contributed by atoms with van der Waals surface area (Å²) >= 11 is 3.41. The van der Waals surface area contributed by atoms with Crippen LogP contribution in [0, 0.1) is 6.92 Å². The summed E-state index contributed by atoms with van der Waals surface area (Å²) < 4.78 is 0.929. The van der Waals surface area contributed by atoms with Crippen LogP contribution in [0.25, 0.3) is 0 Å². The smallest absolute Gasteiger partial charge is 0.243 e. The Labute approximate surface area is 138 Å². The summed E-state index contributed by atoms with van der Waals surface area (Å²) in [6.07, 6.45) is 0.268. The van der Waals surface area contributed by atoms with E-state index in [4.69, 9.17) is 0 Å². The van der Waals surface area contributed by atoms with Crippen molar-refractivity contribution >= 4 is 33.4 Å². The lowest BCUT2D eigenvalue weighted by molar-refractivity contribution is -0.123. The van der Waals surface area contributed by atoms with E-state index in [9.17, 15) is 9.59 Å². The van der Waals surface area contributed by atoms with Gasteiger partial charge < -0.3 is 10.6 Å². The molecule has 0 aromatic heterocycles. The molecule has 0 atom stereocenters. The number of aryl methyl sites for hydroxylation is 1. The van der Waals surface area contributed by atoms with E-state index in [-0.39, 0.29) is 24.8 Å². The van der Waals surface area contributed by atoms with E-state index in [0.29, 0.717) is 5.69 Å². The minimum absolute atomic E-state index is 0.0445. The SMILES string of the molecule is Cc1ccc(NC(=O)CNC(=O)Cc2ccccc2)cc1Br. The first kappa shape index (κ1) is 16.2. The monoisotopic (exact) mass is 360 g/mol. The number of carbonyl (C=O) groups is 2. The fourth-order valence-electron chi connectivity index (χ4n) is 1.90. The van der Waals surface area contributed by atoms with Gasteiger partial charge in [0.2, 0.25) is 11.8 Å². The molecule has 5 heteroatoms. The molecule has 4 nitrogen and oxygen atoms in total. The molecule has 0 fully saturated rings. The lowest BCUT2D eigenvalue weighted by atomic mass is 10.1. The second-order valence-electron chi connectivity index (χ2n) is 4.95. The maximum Gasteiger partial charge on any atom is 0.243 e. The number of hydrogen-bond donors (Lipinski definition) is 2. The van der Waals surface area contributed by atoms with Crippen molar-refractivity contribution in [3.8, 4) is 0 Å². The molecule has 22 heavy (non-hydrogen) atoms. The van der Waals surface area contributed by atoms with E-state index >= 15 is 0 Å². The summed E-state index contributed by atoms with van der Waals surface area (Å²) in [5.41, 5.74) is 2.71. The molecule has 2 aromatic rings. The molecular weight excluding hydrogens is 344 g/mol. The molecular formula is C17H17BrN2O2. The number of halogens is 1. The van der Waals surface area contributed by atoms with Crippen molar-refractivity contribution in [1.29, 1.82) is 0 Å². The van der Waals surface area contributed by atoms with Crippen LogP contribution >= 0.6 is 15.9 Å². The maximum atomic E-state index is 11.8. The number of benzene rings is 2. The molecule has 114 valence electrons. The van der Waals surface area contributed by atoms with Crippen LogP contribution in [0.1, 0.15) is 11.1 Å². The summed E-state index contributed by atoms with van der Waals surface area (Å²) in [5.74, 6) is -0.427. The summed E-state index contributed by atoms with van der Waals surface area (Å²) in [6.45, 7) is 1.93. The van der Waals surface area contributed by atoms with Crippen molar-refractivity contribution in [3.63, 3.8) is 0 Å². The van der Waals surface area contributed by atoms with Crippen LogP contribution in [0.15, 0.2) is 53.0 Å². The number of carbonyl (C=O) groups excluding carboxylic acids is 2. The van der Waals surface area contributed by atoms with Gasteiger partial charge in [-0.25, -0.2) is 0 Å². The minimum atomic E-state index is -0.253. The van der Waals surface area contributed by atoms with E-state index in [1.165, 1.54) is 0 Å². The van der Waals surface area contributed by atoms with E-state index in [1.54, 1.807) is 0 Å². The molecule has 0 spiro atoms. The summed E-state index contributed by atoms with van der Waals surface area (Å²) in [6, 6.07) is 15.0. The predicted molar refractivity (Wildman–Crippen MR) is 90.7 cm³/mol. The third-order valence-corrected chi connectivity index (χ3v) is 3.96. The number of rotatable bonds is 5. The van der Waals surface area contributed by atoms with Crippen LogP contribution in [-0.2, 0) is 16.0 Å². The number of nitrogens with one attached hydrogen (secondary N) is 2. The van der Waals surface area contributed by atoms with E-state index in [0.717, 1.165) is 15.6 Å². The Kier molecular flexibility index (Phi) is 5.72. The van der Waals surface area contributed by atoms with Crippen LogP contribution in [0.3, 0.4) is 0 Å². The highest BCUT2D eigenvalue weighted by Crippen LogP contribution is 2.20. The molecule has 0 unspecified atom stereocenters. The van der Waals surface area contributed by atoms with Crippen LogP contribution in [0.2, 0.25) is 0 Å². The number of hydrogen-bond acceptors (Lipinski definition) is 2. The second kappa shape index (κ2) is 7.75. The molecule has 0 aliphatic rings. The van der Waals surface area contributed by atoms with Gasteiger partial charge in [0, 0.05) is 10.2 Å². The first-order valence-corrected chi connectivity index (χ1v) is 7.70. The zero-order valence-corrected chi connectivity index (χ0v) is 13.8. The van der Waals surface area contributed by atoms with Crippen LogP contribution in [0.5, 0.6) is 0 Å².